The summed E-state index contributed by atoms with van der Waals surface area (Å²) in [4.78, 5) is 4.39. The Bertz CT molecular complexity index is 581. The number of pyridine rings is 1. The van der Waals surface area contributed by atoms with Crippen molar-refractivity contribution in [3.05, 3.63) is 42.0 Å². The van der Waals surface area contributed by atoms with Gasteiger partial charge in [0.2, 0.25) is 0 Å². The van der Waals surface area contributed by atoms with Crippen molar-refractivity contribution in [2.45, 2.75) is 32.4 Å². The van der Waals surface area contributed by atoms with Gasteiger partial charge in [-0.1, -0.05) is 13.3 Å². The van der Waals surface area contributed by atoms with Crippen LogP contribution in [0, 0.1) is 0 Å². The predicted octanol–water partition coefficient (Wildman–Crippen LogP) is 2.75. The summed E-state index contributed by atoms with van der Waals surface area (Å²) in [6.45, 7) is 2.76. The van der Waals surface area contributed by atoms with E-state index >= 15 is 0 Å². The predicted molar refractivity (Wildman–Crippen MR) is 82.7 cm³/mol. The van der Waals surface area contributed by atoms with Crippen LogP contribution in [0.4, 0.5) is 0 Å². The maximum absolute atomic E-state index is 6.14. The SMILES string of the molecule is CCCC(N)c1ccn(Cc2nccc(OC)c2OC)c1. The molecule has 0 aliphatic heterocycles. The molecule has 1 unspecified atom stereocenters. The van der Waals surface area contributed by atoms with E-state index in [0.717, 1.165) is 24.1 Å². The normalized spacial score (nSPS) is 12.2. The zero-order valence-electron chi connectivity index (χ0n) is 12.9. The van der Waals surface area contributed by atoms with E-state index in [2.05, 4.69) is 28.7 Å². The van der Waals surface area contributed by atoms with Gasteiger partial charge in [-0.25, -0.2) is 0 Å². The van der Waals surface area contributed by atoms with Crippen molar-refractivity contribution in [2.24, 2.45) is 5.73 Å². The van der Waals surface area contributed by atoms with Crippen LogP contribution in [0.15, 0.2) is 30.7 Å². The van der Waals surface area contributed by atoms with Crippen LogP contribution in [0.2, 0.25) is 0 Å². The van der Waals surface area contributed by atoms with Crippen LogP contribution in [0.3, 0.4) is 0 Å². The molecule has 5 heteroatoms. The Hall–Kier alpha value is -2.01. The third-order valence-electron chi connectivity index (χ3n) is 3.50. The zero-order valence-corrected chi connectivity index (χ0v) is 12.9. The van der Waals surface area contributed by atoms with E-state index in [9.17, 15) is 0 Å². The summed E-state index contributed by atoms with van der Waals surface area (Å²) < 4.78 is 12.8. The van der Waals surface area contributed by atoms with Crippen LogP contribution in [0.5, 0.6) is 11.5 Å². The third kappa shape index (κ3) is 3.55. The maximum Gasteiger partial charge on any atom is 0.184 e. The Labute approximate surface area is 125 Å². The van der Waals surface area contributed by atoms with Crippen LogP contribution < -0.4 is 15.2 Å². The fraction of sp³-hybridized carbons (Fsp3) is 0.438. The van der Waals surface area contributed by atoms with Gasteiger partial charge in [0, 0.05) is 30.7 Å². The first-order valence-electron chi connectivity index (χ1n) is 7.16. The quantitative estimate of drug-likeness (QED) is 0.851. The lowest BCUT2D eigenvalue weighted by Gasteiger charge is -2.12. The molecule has 0 saturated carbocycles. The summed E-state index contributed by atoms with van der Waals surface area (Å²) in [6.07, 6.45) is 7.89. The van der Waals surface area contributed by atoms with Crippen molar-refractivity contribution >= 4 is 0 Å². The van der Waals surface area contributed by atoms with Crippen molar-refractivity contribution < 1.29 is 9.47 Å². The maximum atomic E-state index is 6.14. The second-order valence-corrected chi connectivity index (χ2v) is 5.01. The van der Waals surface area contributed by atoms with Crippen LogP contribution in [-0.4, -0.2) is 23.8 Å². The molecule has 0 spiro atoms. The lowest BCUT2D eigenvalue weighted by atomic mass is 10.1. The topological polar surface area (TPSA) is 62.3 Å². The lowest BCUT2D eigenvalue weighted by Crippen LogP contribution is -2.09. The summed E-state index contributed by atoms with van der Waals surface area (Å²) in [6, 6.07) is 3.95. The Balaban J connectivity index is 2.19. The summed E-state index contributed by atoms with van der Waals surface area (Å²) in [5.74, 6) is 1.37. The van der Waals surface area contributed by atoms with E-state index in [4.69, 9.17) is 15.2 Å². The molecule has 0 saturated heterocycles. The number of aromatic nitrogens is 2. The average Bonchev–Trinajstić information content (AvgIpc) is 2.96. The van der Waals surface area contributed by atoms with Crippen molar-refractivity contribution in [1.29, 1.82) is 0 Å². The van der Waals surface area contributed by atoms with Crippen LogP contribution in [0.25, 0.3) is 0 Å². The van der Waals surface area contributed by atoms with Gasteiger partial charge in [-0.2, -0.15) is 0 Å². The van der Waals surface area contributed by atoms with Crippen molar-refractivity contribution in [2.75, 3.05) is 14.2 Å². The monoisotopic (exact) mass is 289 g/mol. The fourth-order valence-electron chi connectivity index (χ4n) is 2.39. The second-order valence-electron chi connectivity index (χ2n) is 5.01. The van der Waals surface area contributed by atoms with Gasteiger partial charge in [-0.15, -0.1) is 0 Å². The molecule has 0 fully saturated rings. The highest BCUT2D eigenvalue weighted by atomic mass is 16.5. The summed E-state index contributed by atoms with van der Waals surface area (Å²) in [5, 5.41) is 0. The molecule has 0 aromatic carbocycles. The van der Waals surface area contributed by atoms with Crippen LogP contribution in [0.1, 0.15) is 37.1 Å². The van der Waals surface area contributed by atoms with E-state index in [0.29, 0.717) is 18.0 Å². The summed E-state index contributed by atoms with van der Waals surface area (Å²) >= 11 is 0. The summed E-state index contributed by atoms with van der Waals surface area (Å²) in [5.41, 5.74) is 8.13. The number of rotatable bonds is 7. The lowest BCUT2D eigenvalue weighted by molar-refractivity contribution is 0.348. The van der Waals surface area contributed by atoms with Gasteiger partial charge in [0.1, 0.15) is 5.69 Å². The molecular formula is C16H23N3O2. The van der Waals surface area contributed by atoms with E-state index in [-0.39, 0.29) is 6.04 Å². The van der Waals surface area contributed by atoms with Crippen LogP contribution >= 0.6 is 0 Å². The number of methoxy groups -OCH3 is 2. The zero-order chi connectivity index (χ0) is 15.2. The standard InChI is InChI=1S/C16H23N3O2/c1-4-5-13(17)12-7-9-19(10-12)11-14-16(21-3)15(20-2)6-8-18-14/h6-10,13H,4-5,11,17H2,1-3H3. The third-order valence-corrected chi connectivity index (χ3v) is 3.50. The van der Waals surface area contributed by atoms with E-state index in [1.54, 1.807) is 26.5 Å². The van der Waals surface area contributed by atoms with Crippen LogP contribution in [-0.2, 0) is 6.54 Å². The molecule has 2 rings (SSSR count). The molecule has 1 atom stereocenters. The van der Waals surface area contributed by atoms with Gasteiger partial charge in [0.15, 0.2) is 11.5 Å². The van der Waals surface area contributed by atoms with Crippen molar-refractivity contribution in [1.82, 2.24) is 9.55 Å². The van der Waals surface area contributed by atoms with Crippen molar-refractivity contribution in [3.8, 4) is 11.5 Å². The minimum Gasteiger partial charge on any atom is -0.493 e. The minimum atomic E-state index is 0.0939. The highest BCUT2D eigenvalue weighted by molar-refractivity contribution is 5.42. The molecule has 0 amide bonds. The molecular weight excluding hydrogens is 266 g/mol. The molecule has 5 nitrogen and oxygen atoms in total. The van der Waals surface area contributed by atoms with Gasteiger partial charge in [0.25, 0.3) is 0 Å². The molecule has 21 heavy (non-hydrogen) atoms. The molecule has 0 bridgehead atoms. The van der Waals surface area contributed by atoms with E-state index in [1.165, 1.54) is 0 Å². The number of nitrogens with zero attached hydrogens (tertiary/aromatic N) is 2. The molecule has 2 N–H and O–H groups in total. The Morgan fingerprint density at radius 1 is 1.29 bits per heavy atom. The largest absolute Gasteiger partial charge is 0.493 e. The van der Waals surface area contributed by atoms with Crippen molar-refractivity contribution in [3.63, 3.8) is 0 Å². The molecule has 0 aliphatic rings. The Morgan fingerprint density at radius 3 is 2.76 bits per heavy atom. The molecule has 2 aromatic rings. The highest BCUT2D eigenvalue weighted by Gasteiger charge is 2.12. The smallest absolute Gasteiger partial charge is 0.184 e. The van der Waals surface area contributed by atoms with Gasteiger partial charge in [-0.05, 0) is 18.1 Å². The first-order valence-corrected chi connectivity index (χ1v) is 7.16. The summed E-state index contributed by atoms with van der Waals surface area (Å²) in [7, 11) is 3.25. The molecule has 2 aromatic heterocycles. The highest BCUT2D eigenvalue weighted by Crippen LogP contribution is 2.29. The first kappa shape index (κ1) is 15.4. The number of hydrogen-bond acceptors (Lipinski definition) is 4. The first-order chi connectivity index (χ1) is 10.2. The second kappa shape index (κ2) is 7.13. The van der Waals surface area contributed by atoms with Gasteiger partial charge in [-0.3, -0.25) is 4.98 Å². The molecule has 114 valence electrons. The molecule has 2 heterocycles. The van der Waals surface area contributed by atoms with Gasteiger partial charge >= 0.3 is 0 Å². The average molecular weight is 289 g/mol. The number of nitrogens with two attached hydrogens (primary N) is 1. The number of ether oxygens (including phenoxy) is 2. The number of hydrogen-bond donors (Lipinski definition) is 1. The molecule has 0 radical (unpaired) electrons. The minimum absolute atomic E-state index is 0.0939. The van der Waals surface area contributed by atoms with Gasteiger partial charge in [0.05, 0.1) is 20.8 Å². The van der Waals surface area contributed by atoms with E-state index < -0.39 is 0 Å². The Kier molecular flexibility index (Phi) is 5.22. The fourth-order valence-corrected chi connectivity index (χ4v) is 2.39. The molecule has 0 aliphatic carbocycles. The Morgan fingerprint density at radius 2 is 2.10 bits per heavy atom. The van der Waals surface area contributed by atoms with Gasteiger partial charge < -0.3 is 19.8 Å². The van der Waals surface area contributed by atoms with E-state index in [1.807, 2.05) is 6.20 Å².